The molecule has 6 heteroatoms. The third-order valence-electron chi connectivity index (χ3n) is 4.30. The molecule has 126 valence electrons. The Hall–Kier alpha value is -1.59. The van der Waals surface area contributed by atoms with Crippen molar-refractivity contribution in [2.45, 2.75) is 51.1 Å². The van der Waals surface area contributed by atoms with Crippen LogP contribution in [0.5, 0.6) is 0 Å². The average molecular weight is 338 g/mol. The number of carbonyl (C=O) groups excluding carboxylic acids is 2. The molecule has 23 heavy (non-hydrogen) atoms. The standard InChI is InChI=1S/C17H23N3O2.ClH/c1-11-5-6-12(16(21)19-13-7-8-13)10-15(11)20-17(22)14-4-2-3-9-18-14;/h5-6,10,13-14,18H,2-4,7-9H2,1H3,(H,19,21)(H,20,22);1H. The van der Waals surface area contributed by atoms with Gasteiger partial charge in [0.2, 0.25) is 5.91 Å². The number of aryl methyl sites for hydroxylation is 1. The fourth-order valence-electron chi connectivity index (χ4n) is 2.69. The second-order valence-electron chi connectivity index (χ2n) is 6.27. The van der Waals surface area contributed by atoms with Gasteiger partial charge in [0.15, 0.2) is 0 Å². The van der Waals surface area contributed by atoms with E-state index < -0.39 is 0 Å². The molecule has 3 N–H and O–H groups in total. The molecule has 2 amide bonds. The highest BCUT2D eigenvalue weighted by Crippen LogP contribution is 2.22. The van der Waals surface area contributed by atoms with E-state index in [1.165, 1.54) is 0 Å². The molecule has 5 nitrogen and oxygen atoms in total. The van der Waals surface area contributed by atoms with Gasteiger partial charge in [-0.2, -0.15) is 0 Å². The van der Waals surface area contributed by atoms with Crippen LogP contribution in [0.4, 0.5) is 5.69 Å². The maximum Gasteiger partial charge on any atom is 0.251 e. The van der Waals surface area contributed by atoms with Crippen LogP contribution in [0.2, 0.25) is 0 Å². The highest BCUT2D eigenvalue weighted by Gasteiger charge is 2.24. The van der Waals surface area contributed by atoms with Crippen LogP contribution in [0.25, 0.3) is 0 Å². The molecule has 0 bridgehead atoms. The van der Waals surface area contributed by atoms with E-state index in [4.69, 9.17) is 0 Å². The highest BCUT2D eigenvalue weighted by molar-refractivity contribution is 5.99. The molecule has 1 saturated carbocycles. The molecule has 1 aliphatic carbocycles. The van der Waals surface area contributed by atoms with E-state index in [-0.39, 0.29) is 30.3 Å². The SMILES string of the molecule is Cc1ccc(C(=O)NC2CC2)cc1NC(=O)C1CCCCN1.Cl. The Balaban J connectivity index is 0.00000192. The van der Waals surface area contributed by atoms with Crippen LogP contribution < -0.4 is 16.0 Å². The number of halogens is 1. The van der Waals surface area contributed by atoms with E-state index in [1.54, 1.807) is 6.07 Å². The Labute approximate surface area is 143 Å². The Morgan fingerprint density at radius 1 is 1.17 bits per heavy atom. The van der Waals surface area contributed by atoms with Crippen molar-refractivity contribution in [3.05, 3.63) is 29.3 Å². The lowest BCUT2D eigenvalue weighted by Gasteiger charge is -2.23. The fourth-order valence-corrected chi connectivity index (χ4v) is 2.69. The predicted molar refractivity (Wildman–Crippen MR) is 93.2 cm³/mol. The second-order valence-corrected chi connectivity index (χ2v) is 6.27. The summed E-state index contributed by atoms with van der Waals surface area (Å²) in [6.07, 6.45) is 5.20. The molecular weight excluding hydrogens is 314 g/mol. The van der Waals surface area contributed by atoms with E-state index in [0.29, 0.717) is 11.6 Å². The lowest BCUT2D eigenvalue weighted by atomic mass is 10.0. The zero-order valence-electron chi connectivity index (χ0n) is 13.4. The summed E-state index contributed by atoms with van der Waals surface area (Å²) in [5.74, 6) is -0.0728. The third kappa shape index (κ3) is 4.69. The molecule has 0 spiro atoms. The van der Waals surface area contributed by atoms with Gasteiger partial charge >= 0.3 is 0 Å². The average Bonchev–Trinajstić information content (AvgIpc) is 3.34. The van der Waals surface area contributed by atoms with Crippen molar-refractivity contribution >= 4 is 29.9 Å². The molecule has 1 aromatic rings. The molecule has 2 fully saturated rings. The van der Waals surface area contributed by atoms with E-state index in [9.17, 15) is 9.59 Å². The van der Waals surface area contributed by atoms with Crippen LogP contribution in [0.15, 0.2) is 18.2 Å². The number of piperidine rings is 1. The summed E-state index contributed by atoms with van der Waals surface area (Å²) in [5, 5.41) is 9.17. The molecule has 0 aromatic heterocycles. The van der Waals surface area contributed by atoms with Crippen LogP contribution in [0.1, 0.15) is 48.0 Å². The molecule has 1 heterocycles. The molecule has 2 aliphatic rings. The van der Waals surface area contributed by atoms with Crippen LogP contribution in [-0.4, -0.2) is 30.4 Å². The zero-order chi connectivity index (χ0) is 15.5. The number of amides is 2. The fraction of sp³-hybridized carbons (Fsp3) is 0.529. The van der Waals surface area contributed by atoms with Gasteiger partial charge < -0.3 is 16.0 Å². The van der Waals surface area contributed by atoms with E-state index >= 15 is 0 Å². The van der Waals surface area contributed by atoms with Crippen molar-refractivity contribution in [2.75, 3.05) is 11.9 Å². The normalized spacial score (nSPS) is 20.3. The zero-order valence-corrected chi connectivity index (χ0v) is 14.2. The molecule has 3 rings (SSSR count). The summed E-state index contributed by atoms with van der Waals surface area (Å²) in [6, 6.07) is 5.66. The van der Waals surface area contributed by atoms with Gasteiger partial charge in [-0.3, -0.25) is 9.59 Å². The Bertz CT molecular complexity index is 581. The van der Waals surface area contributed by atoms with Crippen molar-refractivity contribution in [1.82, 2.24) is 10.6 Å². The molecular formula is C17H24ClN3O2. The van der Waals surface area contributed by atoms with Gasteiger partial charge in [-0.05, 0) is 56.8 Å². The van der Waals surface area contributed by atoms with E-state index in [2.05, 4.69) is 16.0 Å². The van der Waals surface area contributed by atoms with Gasteiger partial charge in [0, 0.05) is 17.3 Å². The molecule has 1 saturated heterocycles. The number of anilines is 1. The largest absolute Gasteiger partial charge is 0.349 e. The van der Waals surface area contributed by atoms with E-state index in [0.717, 1.165) is 49.9 Å². The van der Waals surface area contributed by atoms with Gasteiger partial charge in [0.1, 0.15) is 0 Å². The van der Waals surface area contributed by atoms with Crippen molar-refractivity contribution in [2.24, 2.45) is 0 Å². The molecule has 1 atom stereocenters. The van der Waals surface area contributed by atoms with Crippen molar-refractivity contribution in [3.63, 3.8) is 0 Å². The Morgan fingerprint density at radius 3 is 2.61 bits per heavy atom. The van der Waals surface area contributed by atoms with E-state index in [1.807, 2.05) is 19.1 Å². The second kappa shape index (κ2) is 7.79. The molecule has 1 aliphatic heterocycles. The predicted octanol–water partition coefficient (Wildman–Crippen LogP) is 2.39. The van der Waals surface area contributed by atoms with Crippen LogP contribution in [0, 0.1) is 6.92 Å². The minimum atomic E-state index is -0.128. The quantitative estimate of drug-likeness (QED) is 0.790. The van der Waals surface area contributed by atoms with Crippen LogP contribution in [-0.2, 0) is 4.79 Å². The van der Waals surface area contributed by atoms with Gasteiger partial charge in [-0.15, -0.1) is 12.4 Å². The number of rotatable bonds is 4. The number of nitrogens with one attached hydrogen (secondary N) is 3. The number of benzene rings is 1. The monoisotopic (exact) mass is 337 g/mol. The summed E-state index contributed by atoms with van der Waals surface area (Å²) in [6.45, 7) is 2.83. The third-order valence-corrected chi connectivity index (χ3v) is 4.30. The van der Waals surface area contributed by atoms with Gasteiger partial charge in [-0.1, -0.05) is 12.5 Å². The lowest BCUT2D eigenvalue weighted by molar-refractivity contribution is -0.118. The van der Waals surface area contributed by atoms with Crippen molar-refractivity contribution in [1.29, 1.82) is 0 Å². The first-order valence-corrected chi connectivity index (χ1v) is 8.09. The Kier molecular flexibility index (Phi) is 6.02. The van der Waals surface area contributed by atoms with Gasteiger partial charge in [0.25, 0.3) is 5.91 Å². The first kappa shape index (κ1) is 17.8. The maximum atomic E-state index is 12.3. The first-order valence-electron chi connectivity index (χ1n) is 8.09. The summed E-state index contributed by atoms with van der Waals surface area (Å²) in [7, 11) is 0. The highest BCUT2D eigenvalue weighted by atomic mass is 35.5. The summed E-state index contributed by atoms with van der Waals surface area (Å²) >= 11 is 0. The van der Waals surface area contributed by atoms with Crippen molar-refractivity contribution < 1.29 is 9.59 Å². The summed E-state index contributed by atoms with van der Waals surface area (Å²) in [4.78, 5) is 24.4. The number of hydrogen-bond donors (Lipinski definition) is 3. The van der Waals surface area contributed by atoms with Crippen LogP contribution >= 0.6 is 12.4 Å². The first-order chi connectivity index (χ1) is 10.6. The van der Waals surface area contributed by atoms with Crippen LogP contribution in [0.3, 0.4) is 0 Å². The lowest BCUT2D eigenvalue weighted by Crippen LogP contribution is -2.43. The smallest absolute Gasteiger partial charge is 0.251 e. The minimum Gasteiger partial charge on any atom is -0.349 e. The number of carbonyl (C=O) groups is 2. The Morgan fingerprint density at radius 2 is 1.96 bits per heavy atom. The molecule has 1 unspecified atom stereocenters. The molecule has 1 aromatic carbocycles. The van der Waals surface area contributed by atoms with Gasteiger partial charge in [-0.25, -0.2) is 0 Å². The van der Waals surface area contributed by atoms with Gasteiger partial charge in [0.05, 0.1) is 6.04 Å². The molecule has 0 radical (unpaired) electrons. The summed E-state index contributed by atoms with van der Waals surface area (Å²) in [5.41, 5.74) is 2.29. The maximum absolute atomic E-state index is 12.3. The topological polar surface area (TPSA) is 70.2 Å². The summed E-state index contributed by atoms with van der Waals surface area (Å²) < 4.78 is 0. The minimum absolute atomic E-state index is 0. The number of hydrogen-bond acceptors (Lipinski definition) is 3. The van der Waals surface area contributed by atoms with Crippen molar-refractivity contribution in [3.8, 4) is 0 Å².